The van der Waals surface area contributed by atoms with Gasteiger partial charge in [-0.25, -0.2) is 4.79 Å². The Hall–Kier alpha value is -3.60. The van der Waals surface area contributed by atoms with Crippen LogP contribution in [0.5, 0.6) is 0 Å². The lowest BCUT2D eigenvalue weighted by Gasteiger charge is -2.26. The summed E-state index contributed by atoms with van der Waals surface area (Å²) >= 11 is 0. The fourth-order valence-corrected chi connectivity index (χ4v) is 3.03. The van der Waals surface area contributed by atoms with Gasteiger partial charge in [-0.15, -0.1) is 0 Å². The van der Waals surface area contributed by atoms with Crippen molar-refractivity contribution in [2.45, 2.75) is 12.6 Å². The van der Waals surface area contributed by atoms with E-state index in [4.69, 9.17) is 0 Å². The SMILES string of the molecule is O=C(O)CN(Cc1ccccc1)C(=O)NC(c1ccccc1)c1ccccc1. The first-order valence-corrected chi connectivity index (χ1v) is 9.04. The third kappa shape index (κ3) is 5.20. The fourth-order valence-electron chi connectivity index (χ4n) is 3.03. The van der Waals surface area contributed by atoms with Crippen molar-refractivity contribution in [1.82, 2.24) is 10.2 Å². The molecule has 0 atom stereocenters. The van der Waals surface area contributed by atoms with Gasteiger partial charge in [-0.05, 0) is 16.7 Å². The molecule has 142 valence electrons. The van der Waals surface area contributed by atoms with Crippen LogP contribution in [-0.2, 0) is 11.3 Å². The third-order valence-electron chi connectivity index (χ3n) is 4.36. The van der Waals surface area contributed by atoms with Crippen LogP contribution >= 0.6 is 0 Å². The van der Waals surface area contributed by atoms with Gasteiger partial charge in [0.2, 0.25) is 0 Å². The molecule has 2 amide bonds. The lowest BCUT2D eigenvalue weighted by molar-refractivity contribution is -0.137. The van der Waals surface area contributed by atoms with Gasteiger partial charge in [-0.3, -0.25) is 4.79 Å². The fraction of sp³-hybridized carbons (Fsp3) is 0.130. The molecule has 0 spiro atoms. The van der Waals surface area contributed by atoms with Crippen LogP contribution in [0.1, 0.15) is 22.7 Å². The highest BCUT2D eigenvalue weighted by Crippen LogP contribution is 2.22. The van der Waals surface area contributed by atoms with Crippen molar-refractivity contribution >= 4 is 12.0 Å². The molecular weight excluding hydrogens is 352 g/mol. The summed E-state index contributed by atoms with van der Waals surface area (Å²) in [7, 11) is 0. The van der Waals surface area contributed by atoms with Crippen molar-refractivity contribution in [1.29, 1.82) is 0 Å². The van der Waals surface area contributed by atoms with E-state index in [0.717, 1.165) is 16.7 Å². The van der Waals surface area contributed by atoms with Gasteiger partial charge in [0.15, 0.2) is 0 Å². The van der Waals surface area contributed by atoms with E-state index in [0.29, 0.717) is 0 Å². The molecule has 28 heavy (non-hydrogen) atoms. The molecule has 0 aliphatic rings. The average molecular weight is 374 g/mol. The summed E-state index contributed by atoms with van der Waals surface area (Å²) in [5, 5.41) is 12.3. The molecule has 0 bridgehead atoms. The average Bonchev–Trinajstić information content (AvgIpc) is 2.73. The molecule has 5 heteroatoms. The highest BCUT2D eigenvalue weighted by molar-refractivity contribution is 5.80. The second-order valence-corrected chi connectivity index (χ2v) is 6.44. The summed E-state index contributed by atoms with van der Waals surface area (Å²) in [5.74, 6) is -1.05. The lowest BCUT2D eigenvalue weighted by Crippen LogP contribution is -2.43. The van der Waals surface area contributed by atoms with Crippen LogP contribution in [0.4, 0.5) is 4.79 Å². The predicted octanol–water partition coefficient (Wildman–Crippen LogP) is 4.07. The molecule has 0 radical (unpaired) electrons. The molecule has 3 aromatic rings. The number of carbonyl (C=O) groups is 2. The van der Waals surface area contributed by atoms with Crippen LogP contribution in [0.2, 0.25) is 0 Å². The summed E-state index contributed by atoms with van der Waals surface area (Å²) in [6, 6.07) is 27.8. The van der Waals surface area contributed by atoms with Gasteiger partial charge in [0, 0.05) is 6.54 Å². The van der Waals surface area contributed by atoms with Crippen LogP contribution in [0.15, 0.2) is 91.0 Å². The van der Waals surface area contributed by atoms with Gasteiger partial charge in [-0.1, -0.05) is 91.0 Å². The molecular formula is C23H22N2O3. The molecule has 0 saturated heterocycles. The maximum atomic E-state index is 13.0. The van der Waals surface area contributed by atoms with Crippen LogP contribution in [0, 0.1) is 0 Å². The van der Waals surface area contributed by atoms with E-state index in [1.807, 2.05) is 91.0 Å². The van der Waals surface area contributed by atoms with Crippen molar-refractivity contribution in [3.05, 3.63) is 108 Å². The number of benzene rings is 3. The van der Waals surface area contributed by atoms with Gasteiger partial charge in [0.25, 0.3) is 0 Å². The first-order chi connectivity index (χ1) is 13.6. The second-order valence-electron chi connectivity index (χ2n) is 6.44. The zero-order chi connectivity index (χ0) is 19.8. The Labute approximate surface area is 164 Å². The van der Waals surface area contributed by atoms with Crippen molar-refractivity contribution < 1.29 is 14.7 Å². The molecule has 0 aliphatic carbocycles. The van der Waals surface area contributed by atoms with E-state index in [2.05, 4.69) is 5.32 Å². The minimum atomic E-state index is -1.05. The van der Waals surface area contributed by atoms with E-state index in [-0.39, 0.29) is 19.1 Å². The number of hydrogen-bond acceptors (Lipinski definition) is 2. The highest BCUT2D eigenvalue weighted by Gasteiger charge is 2.22. The molecule has 3 rings (SSSR count). The topological polar surface area (TPSA) is 69.6 Å². The first kappa shape index (κ1) is 19.2. The maximum absolute atomic E-state index is 13.0. The zero-order valence-electron chi connectivity index (χ0n) is 15.4. The molecule has 2 N–H and O–H groups in total. The summed E-state index contributed by atoms with van der Waals surface area (Å²) in [6.45, 7) is -0.160. The third-order valence-corrected chi connectivity index (χ3v) is 4.36. The smallest absolute Gasteiger partial charge is 0.323 e. The largest absolute Gasteiger partial charge is 0.480 e. The normalized spacial score (nSPS) is 10.5. The molecule has 0 heterocycles. The van der Waals surface area contributed by atoms with Crippen molar-refractivity contribution in [3.63, 3.8) is 0 Å². The maximum Gasteiger partial charge on any atom is 0.323 e. The molecule has 3 aromatic carbocycles. The Morgan fingerprint density at radius 3 is 1.71 bits per heavy atom. The Balaban J connectivity index is 1.85. The van der Waals surface area contributed by atoms with Crippen LogP contribution in [0.25, 0.3) is 0 Å². The minimum absolute atomic E-state index is 0.218. The summed E-state index contributed by atoms with van der Waals surface area (Å²) < 4.78 is 0. The van der Waals surface area contributed by atoms with Crippen LogP contribution in [-0.4, -0.2) is 28.6 Å². The van der Waals surface area contributed by atoms with Gasteiger partial charge in [0.05, 0.1) is 6.04 Å². The van der Waals surface area contributed by atoms with Crippen molar-refractivity contribution in [3.8, 4) is 0 Å². The number of carboxylic acids is 1. The summed E-state index contributed by atoms with van der Waals surface area (Å²) in [5.41, 5.74) is 2.73. The first-order valence-electron chi connectivity index (χ1n) is 9.04. The Morgan fingerprint density at radius 1 is 0.786 bits per heavy atom. The molecule has 0 unspecified atom stereocenters. The number of aliphatic carboxylic acids is 1. The van der Waals surface area contributed by atoms with Gasteiger partial charge < -0.3 is 15.3 Å². The molecule has 0 aliphatic heterocycles. The van der Waals surface area contributed by atoms with E-state index in [9.17, 15) is 14.7 Å². The second kappa shape index (κ2) is 9.37. The minimum Gasteiger partial charge on any atom is -0.480 e. The van der Waals surface area contributed by atoms with Crippen LogP contribution < -0.4 is 5.32 Å². The van der Waals surface area contributed by atoms with E-state index in [1.165, 1.54) is 4.90 Å². The van der Waals surface area contributed by atoms with Crippen molar-refractivity contribution in [2.75, 3.05) is 6.54 Å². The van der Waals surface area contributed by atoms with E-state index in [1.54, 1.807) is 0 Å². The van der Waals surface area contributed by atoms with Crippen molar-refractivity contribution in [2.24, 2.45) is 0 Å². The number of carboxylic acid groups (broad SMARTS) is 1. The summed E-state index contributed by atoms with van der Waals surface area (Å²) in [6.07, 6.45) is 0. The quantitative estimate of drug-likeness (QED) is 0.655. The summed E-state index contributed by atoms with van der Waals surface area (Å²) in [4.78, 5) is 25.6. The number of hydrogen-bond donors (Lipinski definition) is 2. The number of carbonyl (C=O) groups excluding carboxylic acids is 1. The Bertz CT molecular complexity index is 859. The van der Waals surface area contributed by atoms with E-state index >= 15 is 0 Å². The zero-order valence-corrected chi connectivity index (χ0v) is 15.4. The molecule has 0 saturated carbocycles. The Morgan fingerprint density at radius 2 is 1.25 bits per heavy atom. The standard InChI is InChI=1S/C23H22N2O3/c26-21(27)17-25(16-18-10-4-1-5-11-18)23(28)24-22(19-12-6-2-7-13-19)20-14-8-3-9-15-20/h1-15,22H,16-17H2,(H,24,28)(H,26,27). The van der Waals surface area contributed by atoms with Gasteiger partial charge in [0.1, 0.15) is 6.54 Å². The van der Waals surface area contributed by atoms with E-state index < -0.39 is 12.0 Å². The monoisotopic (exact) mass is 374 g/mol. The molecule has 0 aromatic heterocycles. The van der Waals surface area contributed by atoms with Crippen LogP contribution in [0.3, 0.4) is 0 Å². The predicted molar refractivity (Wildman–Crippen MR) is 108 cm³/mol. The number of amides is 2. The molecule has 0 fully saturated rings. The number of nitrogens with zero attached hydrogens (tertiary/aromatic N) is 1. The number of nitrogens with one attached hydrogen (secondary N) is 1. The highest BCUT2D eigenvalue weighted by atomic mass is 16.4. The van der Waals surface area contributed by atoms with Gasteiger partial charge >= 0.3 is 12.0 Å². The van der Waals surface area contributed by atoms with Gasteiger partial charge in [-0.2, -0.15) is 0 Å². The Kier molecular flexibility index (Phi) is 6.41. The molecule has 5 nitrogen and oxygen atoms in total. The lowest BCUT2D eigenvalue weighted by atomic mass is 9.99. The number of urea groups is 1. The number of rotatable bonds is 7.